The molecular weight excluding hydrogens is 228 g/mol. The van der Waals surface area contributed by atoms with Crippen LogP contribution in [-0.2, 0) is 18.4 Å². The standard InChI is InChI=1S/C13H20N4O/c1-9(2)16-13(18)10(3)15-7-11-5-12(6-14)17(4)8-11/h5,8-10,15H,7H2,1-4H3,(H,16,18). The molecule has 2 N–H and O–H groups in total. The second-order valence-corrected chi connectivity index (χ2v) is 4.72. The van der Waals surface area contributed by atoms with Gasteiger partial charge >= 0.3 is 0 Å². The molecule has 0 spiro atoms. The van der Waals surface area contributed by atoms with Gasteiger partial charge in [0.05, 0.1) is 6.04 Å². The van der Waals surface area contributed by atoms with E-state index in [1.807, 2.05) is 40.1 Å². The Hall–Kier alpha value is -1.80. The van der Waals surface area contributed by atoms with E-state index in [9.17, 15) is 4.79 Å². The van der Waals surface area contributed by atoms with Crippen LogP contribution in [0.25, 0.3) is 0 Å². The molecule has 0 saturated heterocycles. The van der Waals surface area contributed by atoms with Crippen molar-refractivity contribution in [3.05, 3.63) is 23.5 Å². The number of aromatic nitrogens is 1. The highest BCUT2D eigenvalue weighted by molar-refractivity contribution is 5.81. The molecule has 1 amide bonds. The summed E-state index contributed by atoms with van der Waals surface area (Å²) in [7, 11) is 1.83. The maximum atomic E-state index is 11.7. The lowest BCUT2D eigenvalue weighted by Crippen LogP contribution is -2.44. The van der Waals surface area contributed by atoms with Crippen molar-refractivity contribution < 1.29 is 4.79 Å². The topological polar surface area (TPSA) is 69.8 Å². The maximum Gasteiger partial charge on any atom is 0.237 e. The Morgan fingerprint density at radius 3 is 2.67 bits per heavy atom. The second kappa shape index (κ2) is 6.22. The van der Waals surface area contributed by atoms with Crippen LogP contribution in [0.2, 0.25) is 0 Å². The van der Waals surface area contributed by atoms with Crippen LogP contribution in [0.5, 0.6) is 0 Å². The molecule has 0 saturated carbocycles. The lowest BCUT2D eigenvalue weighted by Gasteiger charge is -2.15. The van der Waals surface area contributed by atoms with E-state index >= 15 is 0 Å². The molecule has 1 heterocycles. The average molecular weight is 248 g/mol. The number of aryl methyl sites for hydroxylation is 1. The zero-order chi connectivity index (χ0) is 13.7. The fourth-order valence-corrected chi connectivity index (χ4v) is 1.61. The Morgan fingerprint density at radius 1 is 1.50 bits per heavy atom. The zero-order valence-electron chi connectivity index (χ0n) is 11.3. The van der Waals surface area contributed by atoms with E-state index in [2.05, 4.69) is 16.7 Å². The number of hydrogen-bond donors (Lipinski definition) is 2. The van der Waals surface area contributed by atoms with Gasteiger partial charge in [-0.25, -0.2) is 0 Å². The Balaban J connectivity index is 2.49. The third kappa shape index (κ3) is 3.90. The van der Waals surface area contributed by atoms with Crippen molar-refractivity contribution in [2.24, 2.45) is 7.05 Å². The first-order valence-electron chi connectivity index (χ1n) is 6.03. The summed E-state index contributed by atoms with van der Waals surface area (Å²) in [5.74, 6) is -0.0126. The zero-order valence-corrected chi connectivity index (χ0v) is 11.3. The van der Waals surface area contributed by atoms with E-state index in [0.717, 1.165) is 5.56 Å². The first kappa shape index (κ1) is 14.3. The van der Waals surface area contributed by atoms with Gasteiger partial charge in [0.25, 0.3) is 0 Å². The quantitative estimate of drug-likeness (QED) is 0.813. The average Bonchev–Trinajstić information content (AvgIpc) is 2.65. The number of hydrogen-bond acceptors (Lipinski definition) is 3. The highest BCUT2D eigenvalue weighted by atomic mass is 16.2. The van der Waals surface area contributed by atoms with Crippen LogP contribution in [0.1, 0.15) is 32.0 Å². The number of nitrogens with one attached hydrogen (secondary N) is 2. The first-order chi connectivity index (χ1) is 8.43. The molecule has 98 valence electrons. The molecule has 0 aromatic carbocycles. The minimum absolute atomic E-state index is 0.0126. The molecule has 1 aromatic rings. The van der Waals surface area contributed by atoms with Gasteiger partial charge in [0.2, 0.25) is 5.91 Å². The highest BCUT2D eigenvalue weighted by Crippen LogP contribution is 2.05. The Bertz CT molecular complexity index is 456. The summed E-state index contributed by atoms with van der Waals surface area (Å²) in [5.41, 5.74) is 1.62. The largest absolute Gasteiger partial charge is 0.353 e. The molecule has 0 radical (unpaired) electrons. The molecule has 0 aliphatic rings. The number of carbonyl (C=O) groups excluding carboxylic acids is 1. The van der Waals surface area contributed by atoms with Gasteiger partial charge in [0, 0.05) is 25.8 Å². The normalized spacial score (nSPS) is 12.2. The van der Waals surface area contributed by atoms with Crippen molar-refractivity contribution in [1.29, 1.82) is 5.26 Å². The van der Waals surface area contributed by atoms with Crippen LogP contribution in [0.4, 0.5) is 0 Å². The molecule has 5 heteroatoms. The molecule has 0 fully saturated rings. The fraction of sp³-hybridized carbons (Fsp3) is 0.538. The Labute approximate surface area is 108 Å². The molecule has 0 aliphatic carbocycles. The van der Waals surface area contributed by atoms with Gasteiger partial charge < -0.3 is 15.2 Å². The minimum Gasteiger partial charge on any atom is -0.353 e. The van der Waals surface area contributed by atoms with E-state index in [-0.39, 0.29) is 18.0 Å². The fourth-order valence-electron chi connectivity index (χ4n) is 1.61. The number of amides is 1. The van der Waals surface area contributed by atoms with Crippen LogP contribution in [-0.4, -0.2) is 22.6 Å². The lowest BCUT2D eigenvalue weighted by atomic mass is 10.2. The van der Waals surface area contributed by atoms with Crippen LogP contribution >= 0.6 is 0 Å². The molecule has 1 unspecified atom stereocenters. The summed E-state index contributed by atoms with van der Waals surface area (Å²) in [4.78, 5) is 11.7. The van der Waals surface area contributed by atoms with E-state index in [0.29, 0.717) is 12.2 Å². The summed E-state index contributed by atoms with van der Waals surface area (Å²) in [6, 6.07) is 3.82. The van der Waals surface area contributed by atoms with Crippen molar-refractivity contribution in [3.8, 4) is 6.07 Å². The molecule has 1 rings (SSSR count). The van der Waals surface area contributed by atoms with Crippen molar-refractivity contribution in [2.45, 2.75) is 39.4 Å². The van der Waals surface area contributed by atoms with Crippen LogP contribution in [0.3, 0.4) is 0 Å². The first-order valence-corrected chi connectivity index (χ1v) is 6.03. The number of carbonyl (C=O) groups is 1. The van der Waals surface area contributed by atoms with Gasteiger partial charge in [-0.1, -0.05) is 0 Å². The van der Waals surface area contributed by atoms with E-state index in [4.69, 9.17) is 5.26 Å². The van der Waals surface area contributed by atoms with E-state index in [1.54, 1.807) is 4.57 Å². The smallest absolute Gasteiger partial charge is 0.237 e. The van der Waals surface area contributed by atoms with Gasteiger partial charge in [-0.15, -0.1) is 0 Å². The summed E-state index contributed by atoms with van der Waals surface area (Å²) < 4.78 is 1.77. The molecular formula is C13H20N4O. The Kier molecular flexibility index (Phi) is 4.93. The number of nitriles is 1. The maximum absolute atomic E-state index is 11.7. The molecule has 1 aromatic heterocycles. The van der Waals surface area contributed by atoms with E-state index in [1.165, 1.54) is 0 Å². The van der Waals surface area contributed by atoms with Crippen LogP contribution in [0.15, 0.2) is 12.3 Å². The monoisotopic (exact) mass is 248 g/mol. The second-order valence-electron chi connectivity index (χ2n) is 4.72. The van der Waals surface area contributed by atoms with Gasteiger partial charge in [-0.05, 0) is 32.4 Å². The van der Waals surface area contributed by atoms with Crippen molar-refractivity contribution in [1.82, 2.24) is 15.2 Å². The summed E-state index contributed by atoms with van der Waals surface area (Å²) in [5, 5.41) is 14.8. The highest BCUT2D eigenvalue weighted by Gasteiger charge is 2.13. The van der Waals surface area contributed by atoms with Crippen molar-refractivity contribution in [2.75, 3.05) is 0 Å². The number of nitrogens with zero attached hydrogens (tertiary/aromatic N) is 2. The molecule has 18 heavy (non-hydrogen) atoms. The van der Waals surface area contributed by atoms with Gasteiger partial charge in [0.1, 0.15) is 11.8 Å². The molecule has 5 nitrogen and oxygen atoms in total. The summed E-state index contributed by atoms with van der Waals surface area (Å²) >= 11 is 0. The van der Waals surface area contributed by atoms with Crippen LogP contribution in [0, 0.1) is 11.3 Å². The van der Waals surface area contributed by atoms with E-state index < -0.39 is 0 Å². The van der Waals surface area contributed by atoms with Crippen molar-refractivity contribution >= 4 is 5.91 Å². The third-order valence-corrected chi connectivity index (χ3v) is 2.61. The summed E-state index contributed by atoms with van der Waals surface area (Å²) in [6.45, 7) is 6.26. The Morgan fingerprint density at radius 2 is 2.17 bits per heavy atom. The summed E-state index contributed by atoms with van der Waals surface area (Å²) in [6.07, 6.45) is 1.89. The molecule has 0 aliphatic heterocycles. The molecule has 0 bridgehead atoms. The lowest BCUT2D eigenvalue weighted by molar-refractivity contribution is -0.123. The van der Waals surface area contributed by atoms with Crippen molar-refractivity contribution in [3.63, 3.8) is 0 Å². The van der Waals surface area contributed by atoms with Gasteiger partial charge in [-0.3, -0.25) is 4.79 Å². The number of rotatable bonds is 5. The third-order valence-electron chi connectivity index (χ3n) is 2.61. The van der Waals surface area contributed by atoms with Gasteiger partial charge in [0.15, 0.2) is 0 Å². The van der Waals surface area contributed by atoms with Gasteiger partial charge in [-0.2, -0.15) is 5.26 Å². The van der Waals surface area contributed by atoms with Crippen LogP contribution < -0.4 is 10.6 Å². The predicted molar refractivity (Wildman–Crippen MR) is 69.7 cm³/mol. The predicted octanol–water partition coefficient (Wildman–Crippen LogP) is 0.899. The molecule has 1 atom stereocenters. The SMILES string of the molecule is CC(C)NC(=O)C(C)NCc1cc(C#N)n(C)c1. The minimum atomic E-state index is -0.252.